The molecule has 6 nitrogen and oxygen atoms in total. The number of rotatable bonds is 14. The van der Waals surface area contributed by atoms with Crippen LogP contribution in [-0.2, 0) is 9.13 Å². The lowest BCUT2D eigenvalue weighted by Gasteiger charge is -2.35. The van der Waals surface area contributed by atoms with Crippen molar-refractivity contribution in [3.8, 4) is 89.0 Å². The normalized spacial score (nSPS) is 13.5. The Kier molecular flexibility index (Phi) is 15.4. The smallest absolute Gasteiger partial charge is 0.270 e. The third-order valence-corrected chi connectivity index (χ3v) is 24.8. The highest BCUT2D eigenvalue weighted by atomic mass is 31.2. The molecule has 0 radical (unpaired) electrons. The molecule has 0 spiro atoms. The Labute approximate surface area is 572 Å². The number of hydrogen-bond acceptors (Lipinski definition) is 2. The van der Waals surface area contributed by atoms with E-state index in [1.165, 1.54) is 0 Å². The molecule has 17 rings (SSSR count). The van der Waals surface area contributed by atoms with E-state index in [4.69, 9.17) is 0 Å². The van der Waals surface area contributed by atoms with Crippen molar-refractivity contribution >= 4 is 71.0 Å². The Morgan fingerprint density at radius 3 is 0.531 bits per heavy atom. The summed E-state index contributed by atoms with van der Waals surface area (Å²) in [5, 5.41) is 1.12. The highest BCUT2D eigenvalue weighted by Crippen LogP contribution is 2.72. The number of para-hydroxylation sites is 4. The number of benzene rings is 15. The molecule has 0 bridgehead atoms. The van der Waals surface area contributed by atoms with Gasteiger partial charge in [-0.25, -0.2) is 0 Å². The topological polar surface area (TPSA) is 47.1 Å². The molecule has 0 atom stereocenters. The lowest BCUT2D eigenvalue weighted by molar-refractivity contribution is 0.581. The van der Waals surface area contributed by atoms with Crippen LogP contribution in [0.1, 0.15) is 0 Å². The Bertz CT molecular complexity index is 4910. The molecule has 0 saturated heterocycles. The van der Waals surface area contributed by atoms with Crippen molar-refractivity contribution in [3.05, 3.63) is 388 Å². The summed E-state index contributed by atoms with van der Waals surface area (Å²) in [5.74, 6) is 0. The van der Waals surface area contributed by atoms with E-state index in [-0.39, 0.29) is 0 Å². The fourth-order valence-corrected chi connectivity index (χ4v) is 20.1. The minimum atomic E-state index is -4.07. The van der Waals surface area contributed by atoms with Crippen LogP contribution in [0.2, 0.25) is 0 Å². The van der Waals surface area contributed by atoms with Crippen LogP contribution in [-0.4, -0.2) is 0 Å². The molecule has 2 heterocycles. The van der Waals surface area contributed by atoms with E-state index in [2.05, 4.69) is 334 Å². The Morgan fingerprint density at radius 1 is 0.153 bits per heavy atom. The van der Waals surface area contributed by atoms with Gasteiger partial charge < -0.3 is 0 Å². The number of anilines is 8. The standard InChI is InChI=1S/C90H64N4O2P2/c95-97(91(81-45-21-41-77(61-81)73-37-17-33-69(57-73)65-25-5-1-6-26-65)87-49-13-14-50-88(87)92(97)82-46-22-42-78(62-82)74-38-18-34-70(58-74)66-27-7-2-8-28-66)85-53-55-86(56-54-85)98(96)93(83-47-23-43-79(63-83)75-39-19-35-71(59-75)67-29-9-3-10-30-67)89-51-15-16-52-90(89)94(98)84-48-24-44-80(64-84)76-40-20-36-72(60-76)68-31-11-4-12-32-68/h1-64H. The molecule has 15 aromatic carbocycles. The van der Waals surface area contributed by atoms with E-state index in [0.29, 0.717) is 10.6 Å². The lowest BCUT2D eigenvalue weighted by atomic mass is 9.99. The van der Waals surface area contributed by atoms with E-state index < -0.39 is 14.9 Å². The van der Waals surface area contributed by atoms with Crippen LogP contribution in [0.25, 0.3) is 89.0 Å². The molecule has 0 aliphatic carbocycles. The summed E-state index contributed by atoms with van der Waals surface area (Å²) >= 11 is 0. The van der Waals surface area contributed by atoms with Gasteiger partial charge in [-0.05, 0) is 210 Å². The van der Waals surface area contributed by atoms with Crippen LogP contribution in [0, 0.1) is 0 Å². The summed E-state index contributed by atoms with van der Waals surface area (Å²) < 4.78 is 44.5. The van der Waals surface area contributed by atoms with Gasteiger partial charge in [-0.15, -0.1) is 0 Å². The van der Waals surface area contributed by atoms with Gasteiger partial charge in [0.1, 0.15) is 0 Å². The molecular weight excluding hydrogens is 1230 g/mol. The van der Waals surface area contributed by atoms with Gasteiger partial charge in [0.05, 0.1) is 56.1 Å². The minimum absolute atomic E-state index is 0.562. The van der Waals surface area contributed by atoms with Crippen molar-refractivity contribution in [3.63, 3.8) is 0 Å². The maximum atomic E-state index is 18.1. The maximum absolute atomic E-state index is 18.1. The first-order valence-electron chi connectivity index (χ1n) is 33.1. The molecular formula is C90H64N4O2P2. The SMILES string of the molecule is O=P1(c2ccc(P3(=O)N(c4cccc(-c5cccc(-c6ccccc6)c5)c4)c4ccccc4N3c3cccc(-c4cccc(-c5ccccc5)c4)c3)cc2)N(c2cccc(-c3cccc(-c4ccccc4)c3)c2)c2ccccc2N1c1cccc(-c2cccc(-c3ccccc3)c2)c1. The van der Waals surface area contributed by atoms with E-state index in [9.17, 15) is 0 Å². The van der Waals surface area contributed by atoms with Crippen molar-refractivity contribution in [1.29, 1.82) is 0 Å². The maximum Gasteiger partial charge on any atom is 0.301 e. The second-order valence-electron chi connectivity index (χ2n) is 24.8. The van der Waals surface area contributed by atoms with Gasteiger partial charge >= 0.3 is 14.9 Å². The van der Waals surface area contributed by atoms with Crippen molar-refractivity contribution in [2.75, 3.05) is 18.7 Å². The van der Waals surface area contributed by atoms with Crippen molar-refractivity contribution in [2.24, 2.45) is 0 Å². The third-order valence-electron chi connectivity index (χ3n) is 18.9. The van der Waals surface area contributed by atoms with Gasteiger partial charge in [-0.1, -0.05) is 267 Å². The van der Waals surface area contributed by atoms with Crippen molar-refractivity contribution in [2.45, 2.75) is 0 Å². The Balaban J connectivity index is 0.840. The third kappa shape index (κ3) is 10.7. The molecule has 2 aliphatic rings. The number of fused-ring (bicyclic) bond motifs is 2. The molecule has 15 aromatic rings. The molecule has 2 aliphatic heterocycles. The molecule has 8 heteroatoms. The fraction of sp³-hybridized carbons (Fsp3) is 0. The van der Waals surface area contributed by atoms with Crippen LogP contribution in [0.15, 0.2) is 388 Å². The van der Waals surface area contributed by atoms with Crippen molar-refractivity contribution < 1.29 is 9.13 Å². The van der Waals surface area contributed by atoms with Gasteiger partial charge in [0.2, 0.25) is 0 Å². The first-order chi connectivity index (χ1) is 48.3. The molecule has 466 valence electrons. The van der Waals surface area contributed by atoms with Crippen LogP contribution in [0.3, 0.4) is 0 Å². The molecule has 0 saturated carbocycles. The summed E-state index contributed by atoms with van der Waals surface area (Å²) in [6.07, 6.45) is 0. The number of nitrogens with zero attached hydrogens (tertiary/aromatic N) is 4. The average Bonchev–Trinajstić information content (AvgIpc) is 1.48. The average molecular weight is 1300 g/mol. The number of hydrogen-bond donors (Lipinski definition) is 0. The zero-order valence-corrected chi connectivity index (χ0v) is 55.2. The quantitative estimate of drug-likeness (QED) is 0.101. The van der Waals surface area contributed by atoms with Gasteiger partial charge in [0.25, 0.3) is 0 Å². The Morgan fingerprint density at radius 2 is 0.316 bits per heavy atom. The summed E-state index contributed by atoms with van der Waals surface area (Å²) in [6.45, 7) is 0. The van der Waals surface area contributed by atoms with E-state index in [1.807, 2.05) is 72.8 Å². The van der Waals surface area contributed by atoms with Gasteiger partial charge in [-0.2, -0.15) is 0 Å². The molecule has 98 heavy (non-hydrogen) atoms. The van der Waals surface area contributed by atoms with Crippen LogP contribution in [0.5, 0.6) is 0 Å². The predicted molar refractivity (Wildman–Crippen MR) is 412 cm³/mol. The van der Waals surface area contributed by atoms with Gasteiger partial charge in [-0.3, -0.25) is 27.8 Å². The van der Waals surface area contributed by atoms with Crippen molar-refractivity contribution in [1.82, 2.24) is 0 Å². The van der Waals surface area contributed by atoms with Gasteiger partial charge in [0.15, 0.2) is 0 Å². The predicted octanol–water partition coefficient (Wildman–Crippen LogP) is 24.6. The molecule has 0 aromatic heterocycles. The lowest BCUT2D eigenvalue weighted by Crippen LogP contribution is -2.30. The van der Waals surface area contributed by atoms with Crippen LogP contribution >= 0.6 is 14.9 Å². The zero-order valence-electron chi connectivity index (χ0n) is 53.5. The van der Waals surface area contributed by atoms with E-state index in [1.54, 1.807) is 0 Å². The molecule has 0 unspecified atom stereocenters. The zero-order chi connectivity index (χ0) is 65.6. The summed E-state index contributed by atoms with van der Waals surface area (Å²) in [5.41, 5.74) is 23.3. The van der Waals surface area contributed by atoms with E-state index in [0.717, 1.165) is 135 Å². The monoisotopic (exact) mass is 1290 g/mol. The second kappa shape index (κ2) is 25.3. The fourth-order valence-electron chi connectivity index (χ4n) is 14.2. The first-order valence-corrected chi connectivity index (χ1v) is 36.3. The largest absolute Gasteiger partial charge is 0.301 e. The van der Waals surface area contributed by atoms with Crippen LogP contribution < -0.4 is 29.3 Å². The summed E-state index contributed by atoms with van der Waals surface area (Å²) in [4.78, 5) is 0. The summed E-state index contributed by atoms with van der Waals surface area (Å²) in [7, 11) is -8.14. The molecule has 0 fully saturated rings. The van der Waals surface area contributed by atoms with E-state index >= 15 is 9.13 Å². The molecule has 0 N–H and O–H groups in total. The molecule has 0 amide bonds. The first kappa shape index (κ1) is 59.7. The minimum Gasteiger partial charge on any atom is -0.270 e. The van der Waals surface area contributed by atoms with Crippen LogP contribution in [0.4, 0.5) is 45.5 Å². The highest BCUT2D eigenvalue weighted by Gasteiger charge is 2.52. The highest BCUT2D eigenvalue weighted by molar-refractivity contribution is 7.76. The Hall–Kier alpha value is -12.0. The second-order valence-corrected chi connectivity index (χ2v) is 29.6. The van der Waals surface area contributed by atoms with Gasteiger partial charge in [0, 0.05) is 0 Å². The summed E-state index contributed by atoms with van der Waals surface area (Å²) in [6, 6.07) is 134.